The lowest BCUT2D eigenvalue weighted by atomic mass is 10.2. The van der Waals surface area contributed by atoms with Gasteiger partial charge in [0.1, 0.15) is 5.69 Å². The summed E-state index contributed by atoms with van der Waals surface area (Å²) in [6.45, 7) is 6.61. The zero-order chi connectivity index (χ0) is 19.5. The average molecular weight is 378 g/mol. The van der Waals surface area contributed by atoms with Gasteiger partial charge in [-0.05, 0) is 13.8 Å². The molecule has 3 aromatic rings. The van der Waals surface area contributed by atoms with Gasteiger partial charge in [0.25, 0.3) is 5.91 Å². The van der Waals surface area contributed by atoms with E-state index in [2.05, 4.69) is 25.0 Å². The minimum atomic E-state index is -0.0797. The second-order valence-electron chi connectivity index (χ2n) is 6.87. The van der Waals surface area contributed by atoms with Crippen molar-refractivity contribution in [1.82, 2.24) is 29.9 Å². The van der Waals surface area contributed by atoms with Crippen molar-refractivity contribution in [3.8, 4) is 11.4 Å². The number of amides is 1. The average Bonchev–Trinajstić information content (AvgIpc) is 3.24. The Balaban J connectivity index is 1.38. The Kier molecular flexibility index (Phi) is 5.12. The van der Waals surface area contributed by atoms with E-state index in [1.54, 1.807) is 6.20 Å². The molecule has 1 aliphatic heterocycles. The maximum Gasteiger partial charge on any atom is 0.274 e. The fourth-order valence-corrected chi connectivity index (χ4v) is 3.24. The van der Waals surface area contributed by atoms with E-state index in [1.165, 1.54) is 6.20 Å². The molecule has 1 unspecified atom stereocenters. The SMILES string of the molecule is Cc1cnc(C(=O)N2CCN(C(C)c3nc(-c4ccccc4)no3)CC2)cn1. The van der Waals surface area contributed by atoms with Crippen LogP contribution in [0.4, 0.5) is 0 Å². The number of piperazine rings is 1. The molecule has 1 atom stereocenters. The van der Waals surface area contributed by atoms with Gasteiger partial charge in [0.2, 0.25) is 11.7 Å². The van der Waals surface area contributed by atoms with E-state index in [-0.39, 0.29) is 11.9 Å². The van der Waals surface area contributed by atoms with Crippen LogP contribution in [0.3, 0.4) is 0 Å². The van der Waals surface area contributed by atoms with Crippen molar-refractivity contribution in [2.45, 2.75) is 19.9 Å². The van der Waals surface area contributed by atoms with Crippen LogP contribution in [0.25, 0.3) is 11.4 Å². The number of hydrogen-bond acceptors (Lipinski definition) is 7. The second-order valence-corrected chi connectivity index (χ2v) is 6.87. The van der Waals surface area contributed by atoms with Crippen LogP contribution < -0.4 is 0 Å². The Bertz CT molecular complexity index is 933. The number of nitrogens with zero attached hydrogens (tertiary/aromatic N) is 6. The van der Waals surface area contributed by atoms with Crippen LogP contribution in [0.1, 0.15) is 35.0 Å². The predicted molar refractivity (Wildman–Crippen MR) is 102 cm³/mol. The molecule has 4 rings (SSSR count). The fraction of sp³-hybridized carbons (Fsp3) is 0.350. The summed E-state index contributed by atoms with van der Waals surface area (Å²) in [6.07, 6.45) is 3.15. The Morgan fingerprint density at radius 3 is 2.50 bits per heavy atom. The molecule has 28 heavy (non-hydrogen) atoms. The summed E-state index contributed by atoms with van der Waals surface area (Å²) in [5.74, 6) is 1.10. The molecule has 1 fully saturated rings. The fourth-order valence-electron chi connectivity index (χ4n) is 3.24. The van der Waals surface area contributed by atoms with Gasteiger partial charge < -0.3 is 9.42 Å². The van der Waals surface area contributed by atoms with E-state index in [1.807, 2.05) is 49.1 Å². The van der Waals surface area contributed by atoms with Crippen molar-refractivity contribution in [2.75, 3.05) is 26.2 Å². The normalized spacial score (nSPS) is 16.1. The summed E-state index contributed by atoms with van der Waals surface area (Å²) >= 11 is 0. The first-order valence-corrected chi connectivity index (χ1v) is 9.33. The van der Waals surface area contributed by atoms with Crippen LogP contribution >= 0.6 is 0 Å². The van der Waals surface area contributed by atoms with E-state index in [0.717, 1.165) is 24.3 Å². The number of benzene rings is 1. The largest absolute Gasteiger partial charge is 0.337 e. The maximum absolute atomic E-state index is 12.6. The number of aromatic nitrogens is 4. The molecule has 2 aromatic heterocycles. The summed E-state index contributed by atoms with van der Waals surface area (Å²) in [7, 11) is 0. The monoisotopic (exact) mass is 378 g/mol. The van der Waals surface area contributed by atoms with Gasteiger partial charge in [-0.3, -0.25) is 14.7 Å². The summed E-state index contributed by atoms with van der Waals surface area (Å²) in [5.41, 5.74) is 2.11. The molecule has 0 spiro atoms. The van der Waals surface area contributed by atoms with Crippen LogP contribution in [0.15, 0.2) is 47.2 Å². The molecular weight excluding hydrogens is 356 g/mol. The third kappa shape index (κ3) is 3.77. The molecule has 0 N–H and O–H groups in total. The molecule has 0 radical (unpaired) electrons. The Labute approximate surface area is 163 Å². The molecule has 1 amide bonds. The van der Waals surface area contributed by atoms with Crippen molar-refractivity contribution >= 4 is 5.91 Å². The summed E-state index contributed by atoms with van der Waals surface area (Å²) in [5, 5.41) is 4.10. The van der Waals surface area contributed by atoms with Crippen molar-refractivity contribution < 1.29 is 9.32 Å². The van der Waals surface area contributed by atoms with Crippen molar-refractivity contribution in [1.29, 1.82) is 0 Å². The Morgan fingerprint density at radius 2 is 1.82 bits per heavy atom. The molecule has 0 saturated carbocycles. The first kappa shape index (κ1) is 18.2. The van der Waals surface area contributed by atoms with Crippen LogP contribution in [0, 0.1) is 6.92 Å². The molecule has 1 saturated heterocycles. The third-order valence-electron chi connectivity index (χ3n) is 4.98. The Morgan fingerprint density at radius 1 is 1.07 bits per heavy atom. The van der Waals surface area contributed by atoms with E-state index in [9.17, 15) is 4.79 Å². The number of carbonyl (C=O) groups excluding carboxylic acids is 1. The lowest BCUT2D eigenvalue weighted by Gasteiger charge is -2.36. The van der Waals surface area contributed by atoms with E-state index < -0.39 is 0 Å². The molecule has 0 bridgehead atoms. The van der Waals surface area contributed by atoms with E-state index in [4.69, 9.17) is 4.52 Å². The minimum absolute atomic E-state index is 0.0126. The zero-order valence-electron chi connectivity index (χ0n) is 15.9. The van der Waals surface area contributed by atoms with Crippen molar-refractivity contribution in [2.24, 2.45) is 0 Å². The quantitative estimate of drug-likeness (QED) is 0.688. The van der Waals surface area contributed by atoms with Crippen LogP contribution in [-0.4, -0.2) is 62.0 Å². The summed E-state index contributed by atoms with van der Waals surface area (Å²) in [6, 6.07) is 9.75. The molecule has 144 valence electrons. The highest BCUT2D eigenvalue weighted by Gasteiger charge is 2.28. The van der Waals surface area contributed by atoms with Gasteiger partial charge >= 0.3 is 0 Å². The van der Waals surface area contributed by atoms with Crippen LogP contribution in [0.5, 0.6) is 0 Å². The number of hydrogen-bond donors (Lipinski definition) is 0. The standard InChI is InChI=1S/C20H22N6O2/c1-14-12-22-17(13-21-14)20(27)26-10-8-25(9-11-26)15(2)19-23-18(24-28-19)16-6-4-3-5-7-16/h3-7,12-13,15H,8-11H2,1-2H3. The lowest BCUT2D eigenvalue weighted by Crippen LogP contribution is -2.49. The van der Waals surface area contributed by atoms with Crippen molar-refractivity contribution in [3.63, 3.8) is 0 Å². The minimum Gasteiger partial charge on any atom is -0.337 e. The highest BCUT2D eigenvalue weighted by atomic mass is 16.5. The highest BCUT2D eigenvalue weighted by molar-refractivity contribution is 5.92. The first-order chi connectivity index (χ1) is 13.6. The predicted octanol–water partition coefficient (Wildman–Crippen LogP) is 2.35. The van der Waals surface area contributed by atoms with Crippen LogP contribution in [0.2, 0.25) is 0 Å². The summed E-state index contributed by atoms with van der Waals surface area (Å²) < 4.78 is 5.49. The highest BCUT2D eigenvalue weighted by Crippen LogP contribution is 2.23. The van der Waals surface area contributed by atoms with Gasteiger partial charge in [-0.15, -0.1) is 0 Å². The molecule has 8 nitrogen and oxygen atoms in total. The lowest BCUT2D eigenvalue weighted by molar-refractivity contribution is 0.0546. The van der Waals surface area contributed by atoms with Gasteiger partial charge in [-0.2, -0.15) is 4.98 Å². The zero-order valence-corrected chi connectivity index (χ0v) is 15.9. The van der Waals surface area contributed by atoms with Gasteiger partial charge in [-0.1, -0.05) is 35.5 Å². The number of aryl methyl sites for hydroxylation is 1. The van der Waals surface area contributed by atoms with Gasteiger partial charge in [0.05, 0.1) is 17.9 Å². The number of rotatable bonds is 4. The first-order valence-electron chi connectivity index (χ1n) is 9.33. The molecule has 1 aromatic carbocycles. The topological polar surface area (TPSA) is 88.3 Å². The molecule has 3 heterocycles. The third-order valence-corrected chi connectivity index (χ3v) is 4.98. The smallest absolute Gasteiger partial charge is 0.274 e. The Hall–Kier alpha value is -3.13. The van der Waals surface area contributed by atoms with E-state index in [0.29, 0.717) is 30.5 Å². The van der Waals surface area contributed by atoms with Gasteiger partial charge in [-0.25, -0.2) is 4.98 Å². The molecule has 8 heteroatoms. The van der Waals surface area contributed by atoms with Crippen molar-refractivity contribution in [3.05, 3.63) is 60.0 Å². The summed E-state index contributed by atoms with van der Waals surface area (Å²) in [4.78, 5) is 29.5. The van der Waals surface area contributed by atoms with Gasteiger partial charge in [0, 0.05) is 37.9 Å². The maximum atomic E-state index is 12.6. The van der Waals surface area contributed by atoms with E-state index >= 15 is 0 Å². The van der Waals surface area contributed by atoms with Gasteiger partial charge in [0.15, 0.2) is 0 Å². The van der Waals surface area contributed by atoms with Crippen LogP contribution in [-0.2, 0) is 0 Å². The molecular formula is C20H22N6O2. The number of carbonyl (C=O) groups is 1. The molecule has 0 aliphatic carbocycles. The molecule has 1 aliphatic rings. The second kappa shape index (κ2) is 7.85.